The molecule has 0 saturated heterocycles. The fraction of sp³-hybridized carbons (Fsp3) is 0.116. The van der Waals surface area contributed by atoms with Crippen molar-refractivity contribution in [2.24, 2.45) is 0 Å². The Kier molecular flexibility index (Phi) is 6.34. The van der Waals surface area contributed by atoms with Gasteiger partial charge in [-0.25, -0.2) is 0 Å². The molecule has 0 unspecified atom stereocenters. The predicted octanol–water partition coefficient (Wildman–Crippen LogP) is 12.2. The summed E-state index contributed by atoms with van der Waals surface area (Å²) in [5, 5.41) is 5.09. The summed E-state index contributed by atoms with van der Waals surface area (Å²) in [5.74, 6) is 0. The zero-order valence-electron chi connectivity index (χ0n) is 25.3. The normalized spacial score (nSPS) is 13.1. The van der Waals surface area contributed by atoms with E-state index >= 15 is 0 Å². The second-order valence-corrected chi connectivity index (χ2v) is 12.0. The lowest BCUT2D eigenvalue weighted by Gasteiger charge is -2.32. The summed E-state index contributed by atoms with van der Waals surface area (Å²) in [7, 11) is 0. The summed E-state index contributed by atoms with van der Waals surface area (Å²) in [5.41, 5.74) is 11.7. The number of nitrogens with zero attached hydrogens (tertiary/aromatic N) is 1. The van der Waals surface area contributed by atoms with E-state index in [1.807, 2.05) is 0 Å². The van der Waals surface area contributed by atoms with Crippen molar-refractivity contribution in [3.05, 3.63) is 163 Å². The van der Waals surface area contributed by atoms with E-state index in [-0.39, 0.29) is 5.41 Å². The Morgan fingerprint density at radius 1 is 0.432 bits per heavy atom. The first-order chi connectivity index (χ1) is 21.7. The molecule has 0 radical (unpaired) electrons. The summed E-state index contributed by atoms with van der Waals surface area (Å²) in [6.45, 7) is 4.69. The molecule has 1 nitrogen and oxygen atoms in total. The van der Waals surface area contributed by atoms with Gasteiger partial charge in [-0.15, -0.1) is 0 Å². The highest BCUT2D eigenvalue weighted by Crippen LogP contribution is 2.54. The zero-order chi connectivity index (χ0) is 29.7. The van der Waals surface area contributed by atoms with Gasteiger partial charge < -0.3 is 4.90 Å². The molecule has 212 valence electrons. The summed E-state index contributed by atoms with van der Waals surface area (Å²) < 4.78 is 0. The third-order valence-corrected chi connectivity index (χ3v) is 9.92. The van der Waals surface area contributed by atoms with Crippen molar-refractivity contribution in [1.29, 1.82) is 0 Å². The van der Waals surface area contributed by atoms with Gasteiger partial charge in [0.15, 0.2) is 0 Å². The van der Waals surface area contributed by atoms with Crippen LogP contribution in [0, 0.1) is 0 Å². The highest BCUT2D eigenvalue weighted by Gasteiger charge is 2.40. The van der Waals surface area contributed by atoms with Gasteiger partial charge in [-0.05, 0) is 110 Å². The quantitative estimate of drug-likeness (QED) is 0.181. The maximum atomic E-state index is 2.47. The lowest BCUT2D eigenvalue weighted by Crippen LogP contribution is -2.23. The van der Waals surface area contributed by atoms with E-state index in [1.54, 1.807) is 0 Å². The van der Waals surface area contributed by atoms with Crippen LogP contribution >= 0.6 is 0 Å². The molecule has 7 aromatic carbocycles. The molecule has 1 aliphatic carbocycles. The van der Waals surface area contributed by atoms with Crippen LogP contribution in [-0.2, 0) is 5.41 Å². The Bertz CT molecular complexity index is 2140. The van der Waals surface area contributed by atoms with E-state index in [4.69, 9.17) is 0 Å². The lowest BCUT2D eigenvalue weighted by molar-refractivity contribution is 0.490. The van der Waals surface area contributed by atoms with Crippen LogP contribution in [0.1, 0.15) is 37.8 Å². The first-order valence-electron chi connectivity index (χ1n) is 15.8. The molecule has 0 N–H and O–H groups in total. The summed E-state index contributed by atoms with van der Waals surface area (Å²) in [4.78, 5) is 2.43. The van der Waals surface area contributed by atoms with Crippen molar-refractivity contribution < 1.29 is 0 Å². The second kappa shape index (κ2) is 10.5. The summed E-state index contributed by atoms with van der Waals surface area (Å²) >= 11 is 0. The van der Waals surface area contributed by atoms with Crippen molar-refractivity contribution in [1.82, 2.24) is 0 Å². The Hall–Kier alpha value is -5.14. The van der Waals surface area contributed by atoms with Crippen molar-refractivity contribution in [3.63, 3.8) is 0 Å². The standard InChI is InChI=1S/C43H35N/c1-3-43(4-2)41-22-14-13-21-37(41)38-26-24-34(29-42(38)43)44(32-18-9-6-10-19-32)33-23-25-36-35-20-12-11-17-31(35)27-39(40(36)28-33)30-15-7-5-8-16-30/h5-29H,3-4H2,1-2H3. The number of para-hydroxylation sites is 1. The van der Waals surface area contributed by atoms with Gasteiger partial charge in [0.1, 0.15) is 0 Å². The van der Waals surface area contributed by atoms with Crippen LogP contribution in [0.15, 0.2) is 152 Å². The fourth-order valence-electron chi connectivity index (χ4n) is 7.71. The van der Waals surface area contributed by atoms with Crippen molar-refractivity contribution >= 4 is 38.6 Å². The molecule has 0 saturated carbocycles. The van der Waals surface area contributed by atoms with Gasteiger partial charge in [-0.3, -0.25) is 0 Å². The largest absolute Gasteiger partial charge is 0.310 e. The SMILES string of the molecule is CCC1(CC)c2ccccc2-c2ccc(N(c3ccccc3)c3ccc4c(c3)c(-c3ccccc3)cc3ccccc34)cc21. The van der Waals surface area contributed by atoms with Crippen LogP contribution in [0.3, 0.4) is 0 Å². The van der Waals surface area contributed by atoms with Crippen LogP contribution < -0.4 is 4.90 Å². The molecule has 1 aliphatic rings. The van der Waals surface area contributed by atoms with E-state index < -0.39 is 0 Å². The molecule has 0 aliphatic heterocycles. The van der Waals surface area contributed by atoms with Crippen LogP contribution in [0.4, 0.5) is 17.1 Å². The molecular weight excluding hydrogens is 530 g/mol. The number of hydrogen-bond donors (Lipinski definition) is 0. The lowest BCUT2D eigenvalue weighted by atomic mass is 9.74. The first kappa shape index (κ1) is 26.5. The van der Waals surface area contributed by atoms with E-state index in [0.29, 0.717) is 0 Å². The second-order valence-electron chi connectivity index (χ2n) is 12.0. The molecule has 8 rings (SSSR count). The minimum atomic E-state index is 0.0209. The maximum absolute atomic E-state index is 2.47. The fourth-order valence-corrected chi connectivity index (χ4v) is 7.71. The molecule has 0 bridgehead atoms. The van der Waals surface area contributed by atoms with Gasteiger partial charge in [0.05, 0.1) is 0 Å². The van der Waals surface area contributed by atoms with Crippen molar-refractivity contribution in [2.75, 3.05) is 4.90 Å². The van der Waals surface area contributed by atoms with Gasteiger partial charge in [0.2, 0.25) is 0 Å². The highest BCUT2D eigenvalue weighted by atomic mass is 15.1. The first-order valence-corrected chi connectivity index (χ1v) is 15.8. The number of anilines is 3. The minimum absolute atomic E-state index is 0.0209. The summed E-state index contributed by atoms with van der Waals surface area (Å²) in [6.07, 6.45) is 2.15. The van der Waals surface area contributed by atoms with Crippen LogP contribution in [-0.4, -0.2) is 0 Å². The van der Waals surface area contributed by atoms with Gasteiger partial charge in [0.25, 0.3) is 0 Å². The molecule has 0 fully saturated rings. The van der Waals surface area contributed by atoms with Gasteiger partial charge in [0, 0.05) is 22.5 Å². The average molecular weight is 566 g/mol. The molecule has 0 atom stereocenters. The highest BCUT2D eigenvalue weighted by molar-refractivity contribution is 6.14. The molecule has 0 amide bonds. The Balaban J connectivity index is 1.37. The Labute approximate surface area is 260 Å². The number of benzene rings is 7. The van der Waals surface area contributed by atoms with Gasteiger partial charge >= 0.3 is 0 Å². The molecular formula is C43H35N. The third-order valence-electron chi connectivity index (χ3n) is 9.92. The van der Waals surface area contributed by atoms with E-state index in [2.05, 4.69) is 170 Å². The monoisotopic (exact) mass is 565 g/mol. The summed E-state index contributed by atoms with van der Waals surface area (Å²) in [6, 6.07) is 55.9. The molecule has 44 heavy (non-hydrogen) atoms. The van der Waals surface area contributed by atoms with Crippen LogP contribution in [0.25, 0.3) is 43.8 Å². The number of hydrogen-bond acceptors (Lipinski definition) is 1. The molecule has 0 spiro atoms. The van der Waals surface area contributed by atoms with Crippen molar-refractivity contribution in [2.45, 2.75) is 32.1 Å². The zero-order valence-corrected chi connectivity index (χ0v) is 25.3. The van der Waals surface area contributed by atoms with Crippen LogP contribution in [0.5, 0.6) is 0 Å². The third kappa shape index (κ3) is 4.00. The minimum Gasteiger partial charge on any atom is -0.310 e. The van der Waals surface area contributed by atoms with Crippen LogP contribution in [0.2, 0.25) is 0 Å². The van der Waals surface area contributed by atoms with Gasteiger partial charge in [-0.2, -0.15) is 0 Å². The Morgan fingerprint density at radius 3 is 1.86 bits per heavy atom. The smallest absolute Gasteiger partial charge is 0.0468 e. The molecule has 1 heteroatoms. The molecule has 7 aromatic rings. The number of rotatable bonds is 6. The topological polar surface area (TPSA) is 3.24 Å². The van der Waals surface area contributed by atoms with E-state index in [9.17, 15) is 0 Å². The van der Waals surface area contributed by atoms with Crippen molar-refractivity contribution in [3.8, 4) is 22.3 Å². The van der Waals surface area contributed by atoms with E-state index in [0.717, 1.165) is 24.2 Å². The average Bonchev–Trinajstić information content (AvgIpc) is 3.38. The molecule has 0 aromatic heterocycles. The predicted molar refractivity (Wildman–Crippen MR) is 188 cm³/mol. The Morgan fingerprint density at radius 2 is 1.07 bits per heavy atom. The van der Waals surface area contributed by atoms with E-state index in [1.165, 1.54) is 60.6 Å². The maximum Gasteiger partial charge on any atom is 0.0468 e. The molecule has 0 heterocycles. The van der Waals surface area contributed by atoms with Gasteiger partial charge in [-0.1, -0.05) is 123 Å². The number of fused-ring (bicyclic) bond motifs is 6.